The maximum absolute atomic E-state index is 4.47. The van der Waals surface area contributed by atoms with Crippen molar-refractivity contribution in [2.75, 3.05) is 12.8 Å². The van der Waals surface area contributed by atoms with Crippen LogP contribution in [0.1, 0.15) is 23.4 Å². The zero-order valence-corrected chi connectivity index (χ0v) is 13.3. The Labute approximate surface area is 125 Å². The average molecular weight is 289 g/mol. The molecule has 0 amide bonds. The molecule has 0 unspecified atom stereocenters. The van der Waals surface area contributed by atoms with Gasteiger partial charge in [-0.25, -0.2) is 0 Å². The zero-order valence-electron chi connectivity index (χ0n) is 12.5. The molecule has 0 atom stereocenters. The number of aromatic nitrogens is 2. The molecule has 0 saturated carbocycles. The van der Waals surface area contributed by atoms with Gasteiger partial charge in [0.1, 0.15) is 0 Å². The molecule has 1 heterocycles. The van der Waals surface area contributed by atoms with Crippen LogP contribution in [0.4, 0.5) is 0 Å². The van der Waals surface area contributed by atoms with Crippen molar-refractivity contribution >= 4 is 11.8 Å². The van der Waals surface area contributed by atoms with Crippen molar-refractivity contribution in [3.05, 3.63) is 47.3 Å². The summed E-state index contributed by atoms with van der Waals surface area (Å²) in [6.07, 6.45) is 3.21. The molecule has 2 aromatic rings. The SMILES string of the molecule is CSc1ccc(CNCCCn2nc(C)cc2C)cc1. The first-order valence-electron chi connectivity index (χ1n) is 7.04. The van der Waals surface area contributed by atoms with E-state index in [2.05, 4.69) is 58.6 Å². The summed E-state index contributed by atoms with van der Waals surface area (Å²) in [5.74, 6) is 0. The van der Waals surface area contributed by atoms with Crippen molar-refractivity contribution in [1.82, 2.24) is 15.1 Å². The molecule has 1 aromatic heterocycles. The molecule has 1 aromatic carbocycles. The predicted octanol–water partition coefficient (Wildman–Crippen LogP) is 3.40. The fourth-order valence-electron chi connectivity index (χ4n) is 2.23. The van der Waals surface area contributed by atoms with Gasteiger partial charge in [-0.3, -0.25) is 4.68 Å². The Kier molecular flexibility index (Phi) is 5.68. The maximum atomic E-state index is 4.47. The predicted molar refractivity (Wildman–Crippen MR) is 86.2 cm³/mol. The van der Waals surface area contributed by atoms with Crippen LogP contribution in [0.25, 0.3) is 0 Å². The lowest BCUT2D eigenvalue weighted by Crippen LogP contribution is -2.17. The van der Waals surface area contributed by atoms with E-state index in [1.54, 1.807) is 11.8 Å². The van der Waals surface area contributed by atoms with Gasteiger partial charge in [0.2, 0.25) is 0 Å². The van der Waals surface area contributed by atoms with Gasteiger partial charge in [0.25, 0.3) is 0 Å². The lowest BCUT2D eigenvalue weighted by Gasteiger charge is -2.07. The molecular formula is C16H23N3S. The lowest BCUT2D eigenvalue weighted by atomic mass is 10.2. The summed E-state index contributed by atoms with van der Waals surface area (Å²) in [5, 5.41) is 7.96. The van der Waals surface area contributed by atoms with Gasteiger partial charge < -0.3 is 5.32 Å². The van der Waals surface area contributed by atoms with Gasteiger partial charge in [0, 0.05) is 23.7 Å². The summed E-state index contributed by atoms with van der Waals surface area (Å²) in [6.45, 7) is 7.09. The molecule has 0 aliphatic carbocycles. The van der Waals surface area contributed by atoms with Crippen molar-refractivity contribution in [2.24, 2.45) is 0 Å². The highest BCUT2D eigenvalue weighted by Crippen LogP contribution is 2.14. The summed E-state index contributed by atoms with van der Waals surface area (Å²) >= 11 is 1.78. The molecule has 3 nitrogen and oxygen atoms in total. The summed E-state index contributed by atoms with van der Waals surface area (Å²) in [5.41, 5.74) is 3.69. The second-order valence-corrected chi connectivity index (χ2v) is 5.91. The Morgan fingerprint density at radius 2 is 1.95 bits per heavy atom. The minimum absolute atomic E-state index is 0.936. The van der Waals surface area contributed by atoms with Crippen molar-refractivity contribution in [3.8, 4) is 0 Å². The molecule has 0 fully saturated rings. The van der Waals surface area contributed by atoms with E-state index in [4.69, 9.17) is 0 Å². The van der Waals surface area contributed by atoms with E-state index in [1.165, 1.54) is 16.2 Å². The van der Waals surface area contributed by atoms with E-state index in [9.17, 15) is 0 Å². The third kappa shape index (κ3) is 4.39. The fraction of sp³-hybridized carbons (Fsp3) is 0.438. The number of hydrogen-bond donors (Lipinski definition) is 1. The minimum Gasteiger partial charge on any atom is -0.313 e. The van der Waals surface area contributed by atoms with Crippen LogP contribution in [-0.4, -0.2) is 22.6 Å². The Balaban J connectivity index is 1.67. The van der Waals surface area contributed by atoms with Crippen LogP contribution in [0, 0.1) is 13.8 Å². The van der Waals surface area contributed by atoms with Gasteiger partial charge in [-0.15, -0.1) is 11.8 Å². The van der Waals surface area contributed by atoms with Crippen LogP contribution in [-0.2, 0) is 13.1 Å². The number of hydrogen-bond acceptors (Lipinski definition) is 3. The molecule has 4 heteroatoms. The van der Waals surface area contributed by atoms with Gasteiger partial charge in [-0.05, 0) is 56.8 Å². The number of thioether (sulfide) groups is 1. The summed E-state index contributed by atoms with van der Waals surface area (Å²) in [4.78, 5) is 1.32. The molecule has 0 saturated heterocycles. The normalized spacial score (nSPS) is 10.9. The number of benzene rings is 1. The molecule has 0 aliphatic heterocycles. The van der Waals surface area contributed by atoms with Crippen LogP contribution < -0.4 is 5.32 Å². The van der Waals surface area contributed by atoms with Gasteiger partial charge in [-0.2, -0.15) is 5.10 Å². The Morgan fingerprint density at radius 1 is 1.20 bits per heavy atom. The second-order valence-electron chi connectivity index (χ2n) is 5.03. The molecule has 108 valence electrons. The molecule has 0 bridgehead atoms. The van der Waals surface area contributed by atoms with Crippen LogP contribution in [0.5, 0.6) is 0 Å². The Bertz CT molecular complexity index is 531. The highest BCUT2D eigenvalue weighted by molar-refractivity contribution is 7.98. The molecule has 0 aliphatic rings. The first kappa shape index (κ1) is 15.1. The van der Waals surface area contributed by atoms with Crippen molar-refractivity contribution in [2.45, 2.75) is 38.3 Å². The van der Waals surface area contributed by atoms with E-state index in [-0.39, 0.29) is 0 Å². The van der Waals surface area contributed by atoms with E-state index < -0.39 is 0 Å². The number of nitrogens with zero attached hydrogens (tertiary/aromatic N) is 2. The van der Waals surface area contributed by atoms with Crippen LogP contribution in [0.3, 0.4) is 0 Å². The third-order valence-electron chi connectivity index (χ3n) is 3.32. The molecular weight excluding hydrogens is 266 g/mol. The summed E-state index contributed by atoms with van der Waals surface area (Å²) in [6, 6.07) is 10.9. The largest absolute Gasteiger partial charge is 0.313 e. The smallest absolute Gasteiger partial charge is 0.0596 e. The van der Waals surface area contributed by atoms with Crippen molar-refractivity contribution in [3.63, 3.8) is 0 Å². The summed E-state index contributed by atoms with van der Waals surface area (Å²) < 4.78 is 2.09. The average Bonchev–Trinajstić information content (AvgIpc) is 2.77. The number of nitrogens with one attached hydrogen (secondary N) is 1. The van der Waals surface area contributed by atoms with E-state index in [0.29, 0.717) is 0 Å². The molecule has 0 radical (unpaired) electrons. The van der Waals surface area contributed by atoms with Gasteiger partial charge in [-0.1, -0.05) is 12.1 Å². The van der Waals surface area contributed by atoms with E-state index in [0.717, 1.165) is 31.7 Å². The fourth-order valence-corrected chi connectivity index (χ4v) is 2.64. The van der Waals surface area contributed by atoms with Crippen molar-refractivity contribution < 1.29 is 0 Å². The molecule has 1 N–H and O–H groups in total. The zero-order chi connectivity index (χ0) is 14.4. The first-order chi connectivity index (χ1) is 9.69. The number of aryl methyl sites for hydroxylation is 3. The highest BCUT2D eigenvalue weighted by atomic mass is 32.2. The molecule has 2 rings (SSSR count). The number of rotatable bonds is 7. The summed E-state index contributed by atoms with van der Waals surface area (Å²) in [7, 11) is 0. The minimum atomic E-state index is 0.936. The van der Waals surface area contributed by atoms with Crippen LogP contribution in [0.15, 0.2) is 35.2 Å². The third-order valence-corrected chi connectivity index (χ3v) is 4.06. The topological polar surface area (TPSA) is 29.9 Å². The quantitative estimate of drug-likeness (QED) is 0.626. The molecule has 20 heavy (non-hydrogen) atoms. The van der Waals surface area contributed by atoms with Crippen LogP contribution in [0.2, 0.25) is 0 Å². The standard InChI is InChI=1S/C16H23N3S/c1-13-11-14(2)19(18-13)10-4-9-17-12-15-5-7-16(20-3)8-6-15/h5-8,11,17H,4,9-10,12H2,1-3H3. The van der Waals surface area contributed by atoms with Crippen LogP contribution >= 0.6 is 11.8 Å². The van der Waals surface area contributed by atoms with Crippen molar-refractivity contribution in [1.29, 1.82) is 0 Å². The monoisotopic (exact) mass is 289 g/mol. The second kappa shape index (κ2) is 7.50. The van der Waals surface area contributed by atoms with Gasteiger partial charge in [0.05, 0.1) is 5.69 Å². The maximum Gasteiger partial charge on any atom is 0.0596 e. The first-order valence-corrected chi connectivity index (χ1v) is 8.26. The highest BCUT2D eigenvalue weighted by Gasteiger charge is 2.00. The van der Waals surface area contributed by atoms with E-state index in [1.807, 2.05) is 6.92 Å². The molecule has 0 spiro atoms. The Morgan fingerprint density at radius 3 is 2.55 bits per heavy atom. The van der Waals surface area contributed by atoms with Gasteiger partial charge >= 0.3 is 0 Å². The van der Waals surface area contributed by atoms with E-state index >= 15 is 0 Å². The Hall–Kier alpha value is -1.26. The lowest BCUT2D eigenvalue weighted by molar-refractivity contribution is 0.532. The van der Waals surface area contributed by atoms with Gasteiger partial charge in [0.15, 0.2) is 0 Å².